The van der Waals surface area contributed by atoms with E-state index in [2.05, 4.69) is 59.8 Å². The van der Waals surface area contributed by atoms with Crippen molar-refractivity contribution in [1.29, 1.82) is 0 Å². The number of benzene rings is 1. The zero-order chi connectivity index (χ0) is 53.4. The van der Waals surface area contributed by atoms with Crippen molar-refractivity contribution in [2.45, 2.75) is 90.6 Å². The molecule has 1 aliphatic carbocycles. The summed E-state index contributed by atoms with van der Waals surface area (Å²) in [6, 6.07) is 14.0. The van der Waals surface area contributed by atoms with Crippen LogP contribution in [-0.4, -0.2) is 150 Å². The molecule has 4 N–H and O–H groups in total. The third-order valence-corrected chi connectivity index (χ3v) is 16.3. The lowest BCUT2D eigenvalue weighted by Crippen LogP contribution is -2.57. The Morgan fingerprint density at radius 3 is 2.32 bits per heavy atom. The Bertz CT molecular complexity index is 3230. The lowest BCUT2D eigenvalue weighted by atomic mass is 9.90. The normalized spacial score (nSPS) is 21.1. The second kappa shape index (κ2) is 19.8. The monoisotopic (exact) mass is 1060 g/mol. The maximum atomic E-state index is 14.0. The number of hydrogen-bond acceptors (Lipinski definition) is 16. The molecule has 398 valence electrons. The van der Waals surface area contributed by atoms with Crippen molar-refractivity contribution in [3.05, 3.63) is 101 Å². The van der Waals surface area contributed by atoms with E-state index in [-0.39, 0.29) is 47.9 Å². The number of carbonyl (C=O) groups excluding carboxylic acids is 5. The van der Waals surface area contributed by atoms with Gasteiger partial charge in [0.05, 0.1) is 36.7 Å². The third-order valence-electron chi connectivity index (χ3n) is 15.8. The number of phosphoric ester groups is 1. The first-order valence-electron chi connectivity index (χ1n) is 25.6. The first-order valence-corrected chi connectivity index (χ1v) is 27.1. The number of rotatable bonds is 13. The lowest BCUT2D eigenvalue weighted by Gasteiger charge is -2.46. The number of phosphoric acid groups is 1. The highest BCUT2D eigenvalue weighted by atomic mass is 31.2. The number of nitrogens with one attached hydrogen (secondary N) is 1. The molecule has 11 rings (SSSR count). The molecule has 1 aromatic carbocycles. The average molecular weight is 1060 g/mol. The number of aliphatic hydroxyl groups is 1. The van der Waals surface area contributed by atoms with Crippen LogP contribution in [0.5, 0.6) is 5.88 Å². The number of aromatic nitrogens is 4. The second-order valence-corrected chi connectivity index (χ2v) is 22.4. The van der Waals surface area contributed by atoms with Gasteiger partial charge in [-0.05, 0) is 104 Å². The molecule has 4 aromatic heterocycles. The fourth-order valence-corrected chi connectivity index (χ4v) is 12.4. The Morgan fingerprint density at radius 1 is 0.816 bits per heavy atom. The van der Waals surface area contributed by atoms with Gasteiger partial charge in [0.2, 0.25) is 11.8 Å². The molecular weight excluding hydrogens is 998 g/mol. The molecule has 5 aliphatic heterocycles. The van der Waals surface area contributed by atoms with Crippen molar-refractivity contribution in [3.8, 4) is 17.0 Å². The Hall–Kier alpha value is -7.07. The smallest absolute Gasteiger partial charge is 0.471 e. The molecule has 6 aliphatic rings. The number of ether oxygens (including phenoxy) is 1. The van der Waals surface area contributed by atoms with Gasteiger partial charge < -0.3 is 39.3 Å². The van der Waals surface area contributed by atoms with E-state index in [1.807, 2.05) is 36.5 Å². The van der Waals surface area contributed by atoms with Gasteiger partial charge in [-0.1, -0.05) is 13.8 Å². The number of piperazine rings is 1. The van der Waals surface area contributed by atoms with E-state index in [1.165, 1.54) is 11.3 Å². The van der Waals surface area contributed by atoms with Crippen molar-refractivity contribution in [1.82, 2.24) is 34.2 Å². The molecule has 0 spiro atoms. The van der Waals surface area contributed by atoms with Crippen molar-refractivity contribution in [3.63, 3.8) is 0 Å². The zero-order valence-electron chi connectivity index (χ0n) is 42.7. The molecule has 0 radical (unpaired) electrons. The van der Waals surface area contributed by atoms with Crippen LogP contribution in [0.1, 0.15) is 94.5 Å². The van der Waals surface area contributed by atoms with Crippen LogP contribution in [-0.2, 0) is 44.7 Å². The molecule has 2 atom stereocenters. The van der Waals surface area contributed by atoms with E-state index < -0.39 is 44.2 Å². The Morgan fingerprint density at radius 2 is 1.59 bits per heavy atom. The summed E-state index contributed by atoms with van der Waals surface area (Å²) in [5.74, 6) is -1.75. The number of pyridine rings is 3. The van der Waals surface area contributed by atoms with E-state index in [0.29, 0.717) is 69.6 Å². The van der Waals surface area contributed by atoms with Crippen molar-refractivity contribution >= 4 is 66.1 Å². The number of likely N-dealkylation sites (tertiary alicyclic amines) is 1. The number of nitrogens with zero attached hydrogens (tertiary/aromatic N) is 10. The first-order chi connectivity index (χ1) is 36.4. The van der Waals surface area contributed by atoms with Gasteiger partial charge in [-0.2, -0.15) is 0 Å². The Kier molecular flexibility index (Phi) is 13.3. The van der Waals surface area contributed by atoms with Gasteiger partial charge in [0.25, 0.3) is 23.6 Å². The number of piperidine rings is 2. The molecular formula is C53H60N11O11P. The highest BCUT2D eigenvalue weighted by Crippen LogP contribution is 2.42. The number of anilines is 5. The second-order valence-electron chi connectivity index (χ2n) is 21.2. The van der Waals surface area contributed by atoms with Crippen LogP contribution in [0.4, 0.5) is 28.7 Å². The number of methoxy groups -OCH3 is 1. The van der Waals surface area contributed by atoms with Gasteiger partial charge in [-0.15, -0.1) is 0 Å². The van der Waals surface area contributed by atoms with Crippen molar-refractivity contribution < 1.29 is 52.7 Å². The SMILES string of the molecule is COc1ncc(-c2ccnc(N3CCn4c(cc5c4CC(C)(C)C5)C3=O)c2CO)cc1Nc1ccc(N2CCN(C3CCN(c4ccc5c(c4)C(=O)N(C4CCC(=O)N(COP(=O)(O)O)C4=O)C5=O)CC3)C[C@@H]2C)cn1. The fraction of sp³-hybridized carbons (Fsp3) is 0.434. The summed E-state index contributed by atoms with van der Waals surface area (Å²) in [5.41, 5.74) is 7.88. The summed E-state index contributed by atoms with van der Waals surface area (Å²) < 4.78 is 23.5. The molecule has 5 aromatic rings. The van der Waals surface area contributed by atoms with Crippen LogP contribution in [0.15, 0.2) is 67.1 Å². The number of hydrogen-bond donors (Lipinski definition) is 4. The molecule has 22 nitrogen and oxygen atoms in total. The van der Waals surface area contributed by atoms with Gasteiger partial charge in [0.1, 0.15) is 35.8 Å². The summed E-state index contributed by atoms with van der Waals surface area (Å²) in [4.78, 5) is 109. The number of imide groups is 2. The highest BCUT2D eigenvalue weighted by Gasteiger charge is 2.48. The van der Waals surface area contributed by atoms with Crippen molar-refractivity contribution in [2.24, 2.45) is 5.41 Å². The van der Waals surface area contributed by atoms with Crippen LogP contribution in [0.2, 0.25) is 0 Å². The predicted molar refractivity (Wildman–Crippen MR) is 278 cm³/mol. The van der Waals surface area contributed by atoms with E-state index >= 15 is 0 Å². The lowest BCUT2D eigenvalue weighted by molar-refractivity contribution is -0.155. The number of aliphatic hydroxyl groups excluding tert-OH is 1. The summed E-state index contributed by atoms with van der Waals surface area (Å²) >= 11 is 0. The minimum atomic E-state index is -5.00. The maximum Gasteiger partial charge on any atom is 0.471 e. The van der Waals surface area contributed by atoms with Crippen LogP contribution in [0.25, 0.3) is 11.1 Å². The molecule has 0 bridgehead atoms. The largest absolute Gasteiger partial charge is 0.480 e. The predicted octanol–water partition coefficient (Wildman–Crippen LogP) is 4.73. The summed E-state index contributed by atoms with van der Waals surface area (Å²) in [7, 11) is -3.45. The topological polar surface area (TPSA) is 257 Å². The number of fused-ring (bicyclic) bond motifs is 4. The number of carbonyl (C=O) groups is 5. The molecule has 3 fully saturated rings. The number of amides is 5. The molecule has 5 amide bonds. The van der Waals surface area contributed by atoms with Gasteiger partial charge in [-0.25, -0.2) is 19.5 Å². The summed E-state index contributed by atoms with van der Waals surface area (Å²) in [6.45, 7) is 10.4. The molecule has 1 unspecified atom stereocenters. The van der Waals surface area contributed by atoms with Crippen LogP contribution in [0, 0.1) is 5.41 Å². The standard InChI is InChI=1S/C53H60N11O11P/c1-31-28-59(34-12-15-58(16-13-34)35-5-7-38-39(23-35)50(68)64(49(38)67)42-8-10-46(66)63(51(42)69)30-75-76(71,72)73)17-18-60(31)36-6-9-45(55-27-36)57-41-21-33(26-56-48(41)74-4)37-11-14-54-47(40(37)29-65)62-20-19-61-43(52(62)70)22-32-24-53(2,3)25-44(32)61/h5-7,9,11,14,21-23,26-27,31,34,42,65H,8,10,12-13,15-20,24-25,28-30H2,1-4H3,(H,55,57)(H2,71,72,73)/t31-,42?/m0/s1. The minimum Gasteiger partial charge on any atom is -0.480 e. The van der Waals surface area contributed by atoms with E-state index in [1.54, 1.807) is 42.6 Å². The first kappa shape index (κ1) is 51.1. The summed E-state index contributed by atoms with van der Waals surface area (Å²) in [5, 5.41) is 14.2. The van der Waals surface area contributed by atoms with Gasteiger partial charge >= 0.3 is 7.82 Å². The van der Waals surface area contributed by atoms with Crippen molar-refractivity contribution in [2.75, 3.05) is 73.1 Å². The summed E-state index contributed by atoms with van der Waals surface area (Å²) in [6.07, 6.45) is 8.52. The fourth-order valence-electron chi connectivity index (χ4n) is 12.1. The van der Waals surface area contributed by atoms with Crippen LogP contribution < -0.4 is 24.8 Å². The van der Waals surface area contributed by atoms with Gasteiger partial charge in [0.15, 0.2) is 0 Å². The Balaban J connectivity index is 0.702. The maximum absolute atomic E-state index is 14.0. The highest BCUT2D eigenvalue weighted by molar-refractivity contribution is 7.46. The Labute approximate surface area is 438 Å². The molecule has 23 heteroatoms. The minimum absolute atomic E-state index is 0.111. The quantitative estimate of drug-likeness (QED) is 0.0918. The molecule has 9 heterocycles. The van der Waals surface area contributed by atoms with E-state index in [0.717, 1.165) is 74.7 Å². The molecule has 76 heavy (non-hydrogen) atoms. The van der Waals surface area contributed by atoms with Crippen LogP contribution >= 0.6 is 7.82 Å². The van der Waals surface area contributed by atoms with Gasteiger partial charge in [0, 0.05) is 99.2 Å². The van der Waals surface area contributed by atoms with Crippen LogP contribution in [0.3, 0.4) is 0 Å². The average Bonchev–Trinajstić information content (AvgIpc) is 3.99. The third kappa shape index (κ3) is 9.40. The molecule has 0 saturated carbocycles. The van der Waals surface area contributed by atoms with E-state index in [9.17, 15) is 33.6 Å². The van der Waals surface area contributed by atoms with Gasteiger partial charge in [-0.3, -0.25) is 48.1 Å². The zero-order valence-corrected chi connectivity index (χ0v) is 43.6. The van der Waals surface area contributed by atoms with E-state index in [4.69, 9.17) is 19.5 Å². The molecule has 3 saturated heterocycles.